The highest BCUT2D eigenvalue weighted by Crippen LogP contribution is 2.16. The summed E-state index contributed by atoms with van der Waals surface area (Å²) >= 11 is 0. The highest BCUT2D eigenvalue weighted by molar-refractivity contribution is 4.87. The molecular formula is C5H9O2. The average Bonchev–Trinajstić information content (AvgIpc) is 1.91. The van der Waals surface area contributed by atoms with Crippen molar-refractivity contribution in [1.82, 2.24) is 0 Å². The SMILES string of the molecule is OC1C[CH]CC1O. The van der Waals surface area contributed by atoms with Crippen LogP contribution in [-0.4, -0.2) is 22.4 Å². The minimum Gasteiger partial charge on any atom is -0.390 e. The van der Waals surface area contributed by atoms with Gasteiger partial charge in [-0.05, 0) is 19.3 Å². The van der Waals surface area contributed by atoms with E-state index >= 15 is 0 Å². The summed E-state index contributed by atoms with van der Waals surface area (Å²) in [4.78, 5) is 0. The van der Waals surface area contributed by atoms with Crippen LogP contribution in [0.5, 0.6) is 0 Å². The van der Waals surface area contributed by atoms with Crippen molar-refractivity contribution in [1.29, 1.82) is 0 Å². The van der Waals surface area contributed by atoms with Crippen LogP contribution < -0.4 is 0 Å². The molecule has 1 radical (unpaired) electrons. The summed E-state index contributed by atoms with van der Waals surface area (Å²) in [7, 11) is 0. The number of aliphatic hydroxyl groups excluding tert-OH is 2. The van der Waals surface area contributed by atoms with E-state index in [9.17, 15) is 0 Å². The molecule has 41 valence electrons. The molecule has 0 bridgehead atoms. The van der Waals surface area contributed by atoms with Crippen LogP contribution in [0.1, 0.15) is 12.8 Å². The maximum absolute atomic E-state index is 8.72. The summed E-state index contributed by atoms with van der Waals surface area (Å²) in [5.74, 6) is 0. The highest BCUT2D eigenvalue weighted by Gasteiger charge is 2.21. The van der Waals surface area contributed by atoms with Gasteiger partial charge in [-0.2, -0.15) is 0 Å². The van der Waals surface area contributed by atoms with E-state index in [2.05, 4.69) is 0 Å². The minimum absolute atomic E-state index is 0.486. The second-order valence-electron chi connectivity index (χ2n) is 1.89. The summed E-state index contributed by atoms with van der Waals surface area (Å²) in [5.41, 5.74) is 0. The van der Waals surface area contributed by atoms with E-state index in [4.69, 9.17) is 10.2 Å². The first-order valence-corrected chi connectivity index (χ1v) is 2.48. The number of hydrogen-bond donors (Lipinski definition) is 2. The molecule has 0 spiro atoms. The van der Waals surface area contributed by atoms with E-state index in [1.807, 2.05) is 6.42 Å². The van der Waals surface area contributed by atoms with Crippen LogP contribution in [0.2, 0.25) is 0 Å². The van der Waals surface area contributed by atoms with Gasteiger partial charge in [-0.15, -0.1) is 0 Å². The Morgan fingerprint density at radius 3 is 1.71 bits per heavy atom. The number of rotatable bonds is 0. The lowest BCUT2D eigenvalue weighted by atomic mass is 10.3. The maximum Gasteiger partial charge on any atom is 0.0802 e. The Labute approximate surface area is 42.8 Å². The van der Waals surface area contributed by atoms with Crippen molar-refractivity contribution in [3.05, 3.63) is 6.42 Å². The molecule has 0 heterocycles. The van der Waals surface area contributed by atoms with Gasteiger partial charge in [-0.3, -0.25) is 0 Å². The van der Waals surface area contributed by atoms with Crippen LogP contribution in [-0.2, 0) is 0 Å². The summed E-state index contributed by atoms with van der Waals surface area (Å²) in [6, 6.07) is 0. The molecule has 1 fully saturated rings. The van der Waals surface area contributed by atoms with Crippen molar-refractivity contribution in [2.24, 2.45) is 0 Å². The second-order valence-corrected chi connectivity index (χ2v) is 1.89. The molecule has 1 rings (SSSR count). The zero-order chi connectivity index (χ0) is 5.28. The van der Waals surface area contributed by atoms with Crippen molar-refractivity contribution in [2.75, 3.05) is 0 Å². The molecule has 1 aliphatic rings. The van der Waals surface area contributed by atoms with Gasteiger partial charge < -0.3 is 10.2 Å². The molecule has 2 N–H and O–H groups in total. The summed E-state index contributed by atoms with van der Waals surface area (Å²) in [6.07, 6.45) is 2.23. The molecule has 2 unspecified atom stereocenters. The molecule has 0 aromatic carbocycles. The Morgan fingerprint density at radius 1 is 1.14 bits per heavy atom. The standard InChI is InChI=1S/C5H9O2/c6-4-2-1-3-5(4)7/h1,4-7H,2-3H2. The van der Waals surface area contributed by atoms with Crippen LogP contribution in [0.15, 0.2) is 0 Å². The fraction of sp³-hybridized carbons (Fsp3) is 0.800. The van der Waals surface area contributed by atoms with E-state index in [1.54, 1.807) is 0 Å². The third-order valence-electron chi connectivity index (χ3n) is 1.26. The predicted octanol–water partition coefficient (Wildman–Crippen LogP) is -0.294. The second kappa shape index (κ2) is 1.80. The van der Waals surface area contributed by atoms with E-state index in [-0.39, 0.29) is 0 Å². The molecule has 1 aliphatic carbocycles. The number of hydrogen-bond acceptors (Lipinski definition) is 2. The monoisotopic (exact) mass is 101 g/mol. The van der Waals surface area contributed by atoms with Crippen molar-refractivity contribution in [3.63, 3.8) is 0 Å². The van der Waals surface area contributed by atoms with E-state index in [0.717, 1.165) is 0 Å². The highest BCUT2D eigenvalue weighted by atomic mass is 16.3. The summed E-state index contributed by atoms with van der Waals surface area (Å²) in [5, 5.41) is 17.4. The molecule has 0 amide bonds. The minimum atomic E-state index is -0.486. The van der Waals surface area contributed by atoms with E-state index in [1.165, 1.54) is 0 Å². The zero-order valence-corrected chi connectivity index (χ0v) is 4.04. The normalized spacial score (nSPS) is 42.0. The molecule has 0 saturated heterocycles. The van der Waals surface area contributed by atoms with Gasteiger partial charge in [-0.25, -0.2) is 0 Å². The first-order valence-electron chi connectivity index (χ1n) is 2.48. The van der Waals surface area contributed by atoms with Gasteiger partial charge in [0.05, 0.1) is 12.2 Å². The summed E-state index contributed by atoms with van der Waals surface area (Å²) < 4.78 is 0. The molecule has 2 nitrogen and oxygen atoms in total. The van der Waals surface area contributed by atoms with Gasteiger partial charge in [-0.1, -0.05) is 0 Å². The van der Waals surface area contributed by atoms with Crippen LogP contribution in [0.3, 0.4) is 0 Å². The fourth-order valence-corrected chi connectivity index (χ4v) is 0.752. The first-order chi connectivity index (χ1) is 3.30. The van der Waals surface area contributed by atoms with Crippen LogP contribution in [0, 0.1) is 6.42 Å². The Balaban J connectivity index is 2.33. The predicted molar refractivity (Wildman–Crippen MR) is 25.5 cm³/mol. The lowest BCUT2D eigenvalue weighted by molar-refractivity contribution is 0.0438. The van der Waals surface area contributed by atoms with E-state index < -0.39 is 12.2 Å². The van der Waals surface area contributed by atoms with Crippen molar-refractivity contribution in [3.8, 4) is 0 Å². The molecule has 2 atom stereocenters. The molecule has 0 aliphatic heterocycles. The lowest BCUT2D eigenvalue weighted by Gasteiger charge is -2.03. The third-order valence-corrected chi connectivity index (χ3v) is 1.26. The van der Waals surface area contributed by atoms with Crippen molar-refractivity contribution < 1.29 is 10.2 Å². The van der Waals surface area contributed by atoms with Gasteiger partial charge >= 0.3 is 0 Å². The smallest absolute Gasteiger partial charge is 0.0802 e. The topological polar surface area (TPSA) is 40.5 Å². The Morgan fingerprint density at radius 2 is 1.57 bits per heavy atom. The Hall–Kier alpha value is -0.0800. The molecular weight excluding hydrogens is 92.1 g/mol. The zero-order valence-electron chi connectivity index (χ0n) is 4.04. The summed E-state index contributed by atoms with van der Waals surface area (Å²) in [6.45, 7) is 0. The van der Waals surface area contributed by atoms with Gasteiger partial charge in [0.25, 0.3) is 0 Å². The fourth-order valence-electron chi connectivity index (χ4n) is 0.752. The average molecular weight is 101 g/mol. The largest absolute Gasteiger partial charge is 0.390 e. The van der Waals surface area contributed by atoms with Crippen molar-refractivity contribution in [2.45, 2.75) is 25.0 Å². The van der Waals surface area contributed by atoms with E-state index in [0.29, 0.717) is 12.8 Å². The Bertz CT molecular complexity index is 55.1. The molecule has 2 heteroatoms. The number of aliphatic hydroxyl groups is 2. The van der Waals surface area contributed by atoms with Gasteiger partial charge in [0.2, 0.25) is 0 Å². The van der Waals surface area contributed by atoms with Crippen LogP contribution in [0.4, 0.5) is 0 Å². The maximum atomic E-state index is 8.72. The first kappa shape index (κ1) is 5.06. The van der Waals surface area contributed by atoms with Gasteiger partial charge in [0, 0.05) is 0 Å². The molecule has 0 aromatic rings. The lowest BCUT2D eigenvalue weighted by Crippen LogP contribution is -2.17. The molecule has 1 saturated carbocycles. The van der Waals surface area contributed by atoms with Crippen LogP contribution >= 0.6 is 0 Å². The van der Waals surface area contributed by atoms with Gasteiger partial charge in [0.1, 0.15) is 0 Å². The molecule has 0 aromatic heterocycles. The van der Waals surface area contributed by atoms with Gasteiger partial charge in [0.15, 0.2) is 0 Å². The van der Waals surface area contributed by atoms with Crippen LogP contribution in [0.25, 0.3) is 0 Å². The third kappa shape index (κ3) is 0.924. The van der Waals surface area contributed by atoms with Crippen molar-refractivity contribution >= 4 is 0 Å². The molecule has 7 heavy (non-hydrogen) atoms. The quantitative estimate of drug-likeness (QED) is 0.440. The Kier molecular flexibility index (Phi) is 1.30.